The molecule has 2 heteroatoms. The molecular weight excluding hydrogens is 208 g/mol. The van der Waals surface area contributed by atoms with E-state index >= 15 is 0 Å². The van der Waals surface area contributed by atoms with Crippen LogP contribution < -0.4 is 4.90 Å². The van der Waals surface area contributed by atoms with Gasteiger partial charge >= 0.3 is 0 Å². The second kappa shape index (κ2) is 5.23. The molecule has 1 aliphatic rings. The van der Waals surface area contributed by atoms with Crippen LogP contribution in [0, 0.1) is 25.2 Å². The predicted molar refractivity (Wildman–Crippen MR) is 71.1 cm³/mol. The first kappa shape index (κ1) is 12.0. The van der Waals surface area contributed by atoms with Crippen LogP contribution in [0.25, 0.3) is 0 Å². The number of benzene rings is 1. The number of nitriles is 1. The number of rotatable bonds is 2. The summed E-state index contributed by atoms with van der Waals surface area (Å²) in [6, 6.07) is 9.19. The number of para-hydroxylation sites is 1. The summed E-state index contributed by atoms with van der Waals surface area (Å²) in [4.78, 5) is 2.46. The standard InChI is InChI=1S/C15H20N2/c1-12-6-5-7-13(2)15(12)17-11-4-3-8-14(17)9-10-16/h5-7,14H,3-4,8-9,11H2,1-2H3. The molecule has 1 atom stereocenters. The highest BCUT2D eigenvalue weighted by Gasteiger charge is 2.24. The average Bonchev–Trinajstić information content (AvgIpc) is 2.31. The number of hydrogen-bond acceptors (Lipinski definition) is 2. The maximum absolute atomic E-state index is 8.95. The van der Waals surface area contributed by atoms with E-state index in [0.717, 1.165) is 13.0 Å². The molecule has 0 amide bonds. The first-order valence-corrected chi connectivity index (χ1v) is 6.44. The van der Waals surface area contributed by atoms with Gasteiger partial charge in [-0.1, -0.05) is 18.2 Å². The average molecular weight is 228 g/mol. The molecule has 0 radical (unpaired) electrons. The maximum atomic E-state index is 8.95. The molecule has 90 valence electrons. The van der Waals surface area contributed by atoms with Crippen molar-refractivity contribution in [3.63, 3.8) is 0 Å². The van der Waals surface area contributed by atoms with Crippen LogP contribution in [0.1, 0.15) is 36.8 Å². The minimum absolute atomic E-state index is 0.411. The predicted octanol–water partition coefficient (Wildman–Crippen LogP) is 3.58. The van der Waals surface area contributed by atoms with Gasteiger partial charge in [-0.05, 0) is 44.2 Å². The molecule has 1 fully saturated rings. The van der Waals surface area contributed by atoms with Crippen molar-refractivity contribution in [1.82, 2.24) is 0 Å². The Balaban J connectivity index is 2.33. The minimum atomic E-state index is 0.411. The van der Waals surface area contributed by atoms with Gasteiger partial charge in [-0.25, -0.2) is 0 Å². The zero-order chi connectivity index (χ0) is 12.3. The first-order chi connectivity index (χ1) is 8.24. The van der Waals surface area contributed by atoms with Gasteiger partial charge in [-0.2, -0.15) is 5.26 Å². The van der Waals surface area contributed by atoms with Crippen molar-refractivity contribution in [2.45, 2.75) is 45.6 Å². The Morgan fingerprint density at radius 1 is 1.29 bits per heavy atom. The third-order valence-electron chi connectivity index (χ3n) is 3.68. The Morgan fingerprint density at radius 2 is 2.00 bits per heavy atom. The van der Waals surface area contributed by atoms with Gasteiger partial charge in [-0.15, -0.1) is 0 Å². The van der Waals surface area contributed by atoms with E-state index in [4.69, 9.17) is 5.26 Å². The zero-order valence-electron chi connectivity index (χ0n) is 10.7. The zero-order valence-corrected chi connectivity index (χ0v) is 10.7. The van der Waals surface area contributed by atoms with Crippen molar-refractivity contribution in [1.29, 1.82) is 5.26 Å². The van der Waals surface area contributed by atoms with Crippen molar-refractivity contribution >= 4 is 5.69 Å². The monoisotopic (exact) mass is 228 g/mol. The molecule has 1 unspecified atom stereocenters. The smallest absolute Gasteiger partial charge is 0.0643 e. The molecule has 0 saturated carbocycles. The third-order valence-corrected chi connectivity index (χ3v) is 3.68. The fourth-order valence-corrected chi connectivity index (χ4v) is 2.87. The molecule has 1 aromatic carbocycles. The highest BCUT2D eigenvalue weighted by atomic mass is 15.2. The molecule has 1 aliphatic heterocycles. The highest BCUT2D eigenvalue weighted by molar-refractivity contribution is 5.59. The van der Waals surface area contributed by atoms with Gasteiger partial charge in [0.25, 0.3) is 0 Å². The second-order valence-corrected chi connectivity index (χ2v) is 4.95. The van der Waals surface area contributed by atoms with Crippen molar-refractivity contribution in [3.8, 4) is 6.07 Å². The number of nitrogens with zero attached hydrogens (tertiary/aromatic N) is 2. The maximum Gasteiger partial charge on any atom is 0.0643 e. The normalized spacial score (nSPS) is 20.1. The van der Waals surface area contributed by atoms with E-state index in [1.807, 2.05) is 0 Å². The summed E-state index contributed by atoms with van der Waals surface area (Å²) in [6.45, 7) is 5.43. The van der Waals surface area contributed by atoms with Crippen molar-refractivity contribution in [3.05, 3.63) is 29.3 Å². The van der Waals surface area contributed by atoms with Crippen LogP contribution in [0.2, 0.25) is 0 Å². The van der Waals surface area contributed by atoms with Crippen molar-refractivity contribution in [2.75, 3.05) is 11.4 Å². The van der Waals surface area contributed by atoms with E-state index in [9.17, 15) is 0 Å². The van der Waals surface area contributed by atoms with Gasteiger partial charge in [-0.3, -0.25) is 0 Å². The number of aryl methyl sites for hydroxylation is 2. The first-order valence-electron chi connectivity index (χ1n) is 6.44. The molecule has 0 spiro atoms. The molecule has 0 bridgehead atoms. The Labute approximate surface area is 104 Å². The Morgan fingerprint density at radius 3 is 2.65 bits per heavy atom. The van der Waals surface area contributed by atoms with Gasteiger partial charge in [0.2, 0.25) is 0 Å². The molecule has 17 heavy (non-hydrogen) atoms. The van der Waals surface area contributed by atoms with Crippen LogP contribution in [0.15, 0.2) is 18.2 Å². The Kier molecular flexibility index (Phi) is 3.68. The van der Waals surface area contributed by atoms with Crippen molar-refractivity contribution < 1.29 is 0 Å². The lowest BCUT2D eigenvalue weighted by atomic mass is 9.96. The summed E-state index contributed by atoms with van der Waals surface area (Å²) in [5.41, 5.74) is 4.01. The van der Waals surface area contributed by atoms with Crippen LogP contribution in [0.4, 0.5) is 5.69 Å². The fraction of sp³-hybridized carbons (Fsp3) is 0.533. The van der Waals surface area contributed by atoms with Crippen LogP contribution in [0.5, 0.6) is 0 Å². The molecular formula is C15H20N2. The molecule has 1 heterocycles. The third kappa shape index (κ3) is 2.44. The van der Waals surface area contributed by atoms with Gasteiger partial charge in [0.15, 0.2) is 0 Å². The van der Waals surface area contributed by atoms with Crippen molar-refractivity contribution in [2.24, 2.45) is 0 Å². The van der Waals surface area contributed by atoms with E-state index in [1.54, 1.807) is 0 Å². The summed E-state index contributed by atoms with van der Waals surface area (Å²) in [7, 11) is 0. The lowest BCUT2D eigenvalue weighted by molar-refractivity contribution is 0.463. The Bertz CT molecular complexity index is 411. The minimum Gasteiger partial charge on any atom is -0.367 e. The van der Waals surface area contributed by atoms with E-state index < -0.39 is 0 Å². The van der Waals surface area contributed by atoms with Gasteiger partial charge in [0.1, 0.15) is 0 Å². The second-order valence-electron chi connectivity index (χ2n) is 4.95. The fourth-order valence-electron chi connectivity index (χ4n) is 2.87. The lowest BCUT2D eigenvalue weighted by Crippen LogP contribution is -2.40. The SMILES string of the molecule is Cc1cccc(C)c1N1CCCCC1CC#N. The summed E-state index contributed by atoms with van der Waals surface area (Å²) in [5, 5.41) is 8.95. The number of hydrogen-bond donors (Lipinski definition) is 0. The summed E-state index contributed by atoms with van der Waals surface area (Å²) < 4.78 is 0. The molecule has 0 aromatic heterocycles. The summed E-state index contributed by atoms with van der Waals surface area (Å²) in [5.74, 6) is 0. The van der Waals surface area contributed by atoms with E-state index in [2.05, 4.69) is 43.0 Å². The molecule has 1 saturated heterocycles. The van der Waals surface area contributed by atoms with Gasteiger partial charge in [0.05, 0.1) is 12.5 Å². The number of anilines is 1. The van der Waals surface area contributed by atoms with Gasteiger partial charge < -0.3 is 4.90 Å². The van der Waals surface area contributed by atoms with Crippen LogP contribution in [-0.4, -0.2) is 12.6 Å². The highest BCUT2D eigenvalue weighted by Crippen LogP contribution is 2.31. The van der Waals surface area contributed by atoms with E-state index in [1.165, 1.54) is 29.7 Å². The molecule has 1 aromatic rings. The molecule has 2 nitrogen and oxygen atoms in total. The van der Waals surface area contributed by atoms with E-state index in [-0.39, 0.29) is 0 Å². The quantitative estimate of drug-likeness (QED) is 0.773. The van der Waals surface area contributed by atoms with Crippen LogP contribution >= 0.6 is 0 Å². The lowest BCUT2D eigenvalue weighted by Gasteiger charge is -2.38. The molecule has 0 N–H and O–H groups in total. The number of piperidine rings is 1. The summed E-state index contributed by atoms with van der Waals surface area (Å²) in [6.07, 6.45) is 4.30. The van der Waals surface area contributed by atoms with E-state index in [0.29, 0.717) is 12.5 Å². The summed E-state index contributed by atoms with van der Waals surface area (Å²) >= 11 is 0. The van der Waals surface area contributed by atoms with Crippen LogP contribution in [0.3, 0.4) is 0 Å². The Hall–Kier alpha value is -1.49. The van der Waals surface area contributed by atoms with Gasteiger partial charge in [0, 0.05) is 18.3 Å². The molecule has 2 rings (SSSR count). The van der Waals surface area contributed by atoms with Crippen LogP contribution in [-0.2, 0) is 0 Å². The molecule has 0 aliphatic carbocycles. The topological polar surface area (TPSA) is 27.0 Å². The largest absolute Gasteiger partial charge is 0.367 e.